The lowest BCUT2D eigenvalue weighted by Gasteiger charge is -2.32. The highest BCUT2D eigenvalue weighted by Gasteiger charge is 2.26. The van der Waals surface area contributed by atoms with Gasteiger partial charge in [0.05, 0.1) is 46.2 Å². The van der Waals surface area contributed by atoms with Crippen LogP contribution in [0.1, 0.15) is 53.9 Å². The Morgan fingerprint density at radius 3 is 2.18 bits per heavy atom. The number of hydrogen-bond acceptors (Lipinski definition) is 6. The molecule has 0 aromatic carbocycles. The van der Waals surface area contributed by atoms with Gasteiger partial charge in [0.25, 0.3) is 0 Å². The summed E-state index contributed by atoms with van der Waals surface area (Å²) in [5.41, 5.74) is 5.17. The minimum Gasteiger partial charge on any atom is -0.460 e. The topological polar surface area (TPSA) is 74.2 Å². The van der Waals surface area contributed by atoms with Crippen molar-refractivity contribution < 1.29 is 28.8 Å². The predicted molar refractivity (Wildman–Crippen MR) is 137 cm³/mol. The van der Waals surface area contributed by atoms with Crippen molar-refractivity contribution in [1.29, 1.82) is 0 Å². The lowest BCUT2D eigenvalue weighted by atomic mass is 9.72. The van der Waals surface area contributed by atoms with Gasteiger partial charge in [-0.25, -0.2) is 4.79 Å². The molecule has 0 bridgehead atoms. The third-order valence-corrected chi connectivity index (χ3v) is 5.57. The van der Waals surface area contributed by atoms with Gasteiger partial charge in [0.15, 0.2) is 0 Å². The molecule has 0 atom stereocenters. The lowest BCUT2D eigenvalue weighted by Crippen LogP contribution is -2.19. The molecule has 0 aromatic heterocycles. The first-order chi connectivity index (χ1) is 16.3. The van der Waals surface area contributed by atoms with E-state index in [-0.39, 0.29) is 24.6 Å². The second kappa shape index (κ2) is 17.4. The summed E-state index contributed by atoms with van der Waals surface area (Å²) >= 11 is 0. The van der Waals surface area contributed by atoms with Crippen LogP contribution in [0, 0.1) is 5.41 Å². The van der Waals surface area contributed by atoms with Crippen LogP contribution in [0.15, 0.2) is 58.7 Å². The van der Waals surface area contributed by atoms with Gasteiger partial charge >= 0.3 is 5.97 Å². The van der Waals surface area contributed by atoms with Crippen molar-refractivity contribution in [2.75, 3.05) is 52.9 Å². The quantitative estimate of drug-likeness (QED) is 0.145. The summed E-state index contributed by atoms with van der Waals surface area (Å²) in [6, 6.07) is 0. The number of carbonyl (C=O) groups excluding carboxylic acids is 1. The third-order valence-electron chi connectivity index (χ3n) is 5.57. The molecule has 192 valence electrons. The monoisotopic (exact) mass is 476 g/mol. The molecule has 0 saturated carbocycles. The molecule has 0 aromatic rings. The van der Waals surface area contributed by atoms with Gasteiger partial charge in [0.2, 0.25) is 0 Å². The first kappa shape index (κ1) is 30.0. The maximum Gasteiger partial charge on any atom is 0.331 e. The van der Waals surface area contributed by atoms with Crippen molar-refractivity contribution in [2.24, 2.45) is 5.41 Å². The molecule has 0 heterocycles. The van der Waals surface area contributed by atoms with E-state index in [1.807, 2.05) is 25.2 Å². The van der Waals surface area contributed by atoms with E-state index in [9.17, 15) is 4.79 Å². The van der Waals surface area contributed by atoms with Crippen LogP contribution in [0.2, 0.25) is 0 Å². The number of aliphatic hydroxyl groups excluding tert-OH is 1. The number of rotatable bonds is 16. The molecule has 0 radical (unpaired) electrons. The molecular weight excluding hydrogens is 432 g/mol. The van der Waals surface area contributed by atoms with Crippen LogP contribution in [-0.2, 0) is 23.7 Å². The van der Waals surface area contributed by atoms with E-state index in [0.717, 1.165) is 11.1 Å². The number of aliphatic hydroxyl groups is 1. The Morgan fingerprint density at radius 1 is 0.941 bits per heavy atom. The molecule has 0 saturated heterocycles. The normalized spacial score (nSPS) is 17.2. The van der Waals surface area contributed by atoms with E-state index in [0.29, 0.717) is 39.6 Å². The average molecular weight is 477 g/mol. The van der Waals surface area contributed by atoms with Gasteiger partial charge in [0, 0.05) is 6.08 Å². The first-order valence-electron chi connectivity index (χ1n) is 12.2. The van der Waals surface area contributed by atoms with Crippen molar-refractivity contribution in [3.05, 3.63) is 58.7 Å². The largest absolute Gasteiger partial charge is 0.460 e. The van der Waals surface area contributed by atoms with E-state index in [1.54, 1.807) is 0 Å². The lowest BCUT2D eigenvalue weighted by molar-refractivity contribution is -0.139. The summed E-state index contributed by atoms with van der Waals surface area (Å²) in [6.45, 7) is 13.4. The fourth-order valence-corrected chi connectivity index (χ4v) is 3.72. The molecule has 1 N–H and O–H groups in total. The summed E-state index contributed by atoms with van der Waals surface area (Å²) in [7, 11) is 0. The fraction of sp³-hybridized carbons (Fsp3) is 0.607. The van der Waals surface area contributed by atoms with Gasteiger partial charge in [-0.15, -0.1) is 0 Å². The Bertz CT molecular complexity index is 755. The summed E-state index contributed by atoms with van der Waals surface area (Å²) < 4.78 is 20.9. The highest BCUT2D eigenvalue weighted by atomic mass is 16.6. The highest BCUT2D eigenvalue weighted by Crippen LogP contribution is 2.40. The van der Waals surface area contributed by atoms with Crippen LogP contribution in [-0.4, -0.2) is 63.9 Å². The first-order valence-corrected chi connectivity index (χ1v) is 12.2. The molecule has 34 heavy (non-hydrogen) atoms. The van der Waals surface area contributed by atoms with Crippen molar-refractivity contribution in [3.8, 4) is 0 Å². The molecule has 1 rings (SSSR count). The molecule has 0 unspecified atom stereocenters. The average Bonchev–Trinajstić information content (AvgIpc) is 2.76. The van der Waals surface area contributed by atoms with Crippen molar-refractivity contribution in [1.82, 2.24) is 0 Å². The van der Waals surface area contributed by atoms with Gasteiger partial charge in [0.1, 0.15) is 6.61 Å². The number of hydrogen-bond donors (Lipinski definition) is 1. The predicted octanol–water partition coefficient (Wildman–Crippen LogP) is 5.10. The molecule has 0 fully saturated rings. The SMILES string of the molecule is CC1=C(/C=C/C(C)=C/C=C/C(C)=C/C(=O)OCCOCCOCCOCCO)C(C)(C)CCC1. The van der Waals surface area contributed by atoms with Crippen LogP contribution in [0.5, 0.6) is 0 Å². The van der Waals surface area contributed by atoms with Crippen LogP contribution < -0.4 is 0 Å². The van der Waals surface area contributed by atoms with Crippen LogP contribution >= 0.6 is 0 Å². The number of ether oxygens (including phenoxy) is 4. The zero-order valence-electron chi connectivity index (χ0n) is 21.7. The maximum atomic E-state index is 11.9. The third kappa shape index (κ3) is 13.7. The Balaban J connectivity index is 2.27. The molecule has 0 spiro atoms. The number of allylic oxidation sites excluding steroid dienone is 9. The molecule has 1 aliphatic carbocycles. The van der Waals surface area contributed by atoms with Crippen molar-refractivity contribution >= 4 is 5.97 Å². The molecule has 6 heteroatoms. The van der Waals surface area contributed by atoms with Crippen LogP contribution in [0.25, 0.3) is 0 Å². The Hall–Kier alpha value is -1.99. The van der Waals surface area contributed by atoms with Gasteiger partial charge in [-0.2, -0.15) is 0 Å². The molecular formula is C28H44O6. The zero-order valence-corrected chi connectivity index (χ0v) is 21.7. The summed E-state index contributed by atoms with van der Waals surface area (Å²) in [6.07, 6.45) is 15.5. The van der Waals surface area contributed by atoms with Gasteiger partial charge in [-0.3, -0.25) is 0 Å². The minimum absolute atomic E-state index is 0.0122. The smallest absolute Gasteiger partial charge is 0.331 e. The minimum atomic E-state index is -0.384. The van der Waals surface area contributed by atoms with Gasteiger partial charge in [-0.1, -0.05) is 55.4 Å². The Kier molecular flexibility index (Phi) is 15.4. The van der Waals surface area contributed by atoms with Gasteiger partial charge in [-0.05, 0) is 56.6 Å². The number of carbonyl (C=O) groups is 1. The van der Waals surface area contributed by atoms with E-state index in [4.69, 9.17) is 24.1 Å². The molecule has 1 aliphatic rings. The molecule has 6 nitrogen and oxygen atoms in total. The second-order valence-corrected chi connectivity index (χ2v) is 9.15. The zero-order chi connectivity index (χ0) is 25.2. The number of esters is 1. The van der Waals surface area contributed by atoms with E-state index in [2.05, 4.69) is 39.8 Å². The summed E-state index contributed by atoms with van der Waals surface area (Å²) in [5.74, 6) is -0.384. The fourth-order valence-electron chi connectivity index (χ4n) is 3.72. The van der Waals surface area contributed by atoms with E-state index < -0.39 is 0 Å². The highest BCUT2D eigenvalue weighted by molar-refractivity contribution is 5.83. The van der Waals surface area contributed by atoms with Crippen LogP contribution in [0.4, 0.5) is 0 Å². The Labute approximate surface area is 206 Å². The van der Waals surface area contributed by atoms with E-state index >= 15 is 0 Å². The Morgan fingerprint density at radius 2 is 1.56 bits per heavy atom. The standard InChI is InChI=1S/C28H44O6/c1-23(11-12-26-25(3)10-7-13-28(26,4)5)8-6-9-24(2)22-27(30)34-21-20-33-19-18-32-17-16-31-15-14-29/h6,8-9,11-12,22,29H,7,10,13-21H2,1-5H3/b9-6+,12-11+,23-8+,24-22+. The second-order valence-electron chi connectivity index (χ2n) is 9.15. The summed E-state index contributed by atoms with van der Waals surface area (Å²) in [4.78, 5) is 11.9. The van der Waals surface area contributed by atoms with E-state index in [1.165, 1.54) is 36.5 Å². The maximum absolute atomic E-state index is 11.9. The molecule has 0 aliphatic heterocycles. The van der Waals surface area contributed by atoms with Gasteiger partial charge < -0.3 is 24.1 Å². The van der Waals surface area contributed by atoms with Crippen molar-refractivity contribution in [2.45, 2.75) is 53.9 Å². The summed E-state index contributed by atoms with van der Waals surface area (Å²) in [5, 5.41) is 8.58. The molecule has 0 amide bonds. The van der Waals surface area contributed by atoms with Crippen LogP contribution in [0.3, 0.4) is 0 Å². The van der Waals surface area contributed by atoms with Crippen molar-refractivity contribution in [3.63, 3.8) is 0 Å².